The standard InChI is InChI=1S/C36H61N5O10.2Na/c1-27-24-41(36(50)39-35(27)49)32-22-28(42)29(51-32)23-38-31(44)19-15-11-6-2-4-8-12-16-20-37-30(43)18-14-10-7-3-5-9-13-17-21-40(25-33(45)46)26-34(47)48;;/h24,28-29,32,42H,2-23,25-26H2,1H3,(H,37,43)(H,38,44)(H,45,46)(H,47,48)(H,39,49,50);;/q;2*+1/p-2/t28-,29+,32+;;/m0../s1. The average molecular weight is 768 g/mol. The summed E-state index contributed by atoms with van der Waals surface area (Å²) in [4.78, 5) is 57.3. The molecule has 0 radical (unpaired) electrons. The summed E-state index contributed by atoms with van der Waals surface area (Å²) in [7, 11) is 0. The van der Waals surface area contributed by atoms with E-state index in [9.17, 15) is 34.5 Å². The second kappa shape index (κ2) is 30.6. The minimum atomic E-state index is -1.02. The van der Waals surface area contributed by atoms with Crippen molar-refractivity contribution < 1.29 is 99.0 Å². The van der Waals surface area contributed by atoms with Crippen LogP contribution in [-0.2, 0) is 14.3 Å². The van der Waals surface area contributed by atoms with E-state index in [0.29, 0.717) is 31.5 Å². The normalized spacial score (nSPS) is 17.5. The van der Waals surface area contributed by atoms with Gasteiger partial charge in [0.05, 0.1) is 25.7 Å². The minimum absolute atomic E-state index is 0. The summed E-state index contributed by atoms with van der Waals surface area (Å²) in [6.45, 7) is 2.14. The SMILES string of the molecule is Cc1cn([C@H]2C[C@H](O)[C@@H](CN=C([O-])CCCCCCCCCCN=C([O-])CCCCCCCCCCN(CC(=O)O)CC(=O)O)O2)c(=O)[nH]c1=O.[Na+].[Na+]. The number of aromatic nitrogens is 2. The van der Waals surface area contributed by atoms with Crippen molar-refractivity contribution >= 4 is 23.7 Å². The Morgan fingerprint density at radius 1 is 0.811 bits per heavy atom. The molecule has 15 nitrogen and oxygen atoms in total. The number of rotatable bonds is 29. The van der Waals surface area contributed by atoms with Crippen molar-refractivity contribution in [1.29, 1.82) is 0 Å². The van der Waals surface area contributed by atoms with Crippen LogP contribution in [0.4, 0.5) is 0 Å². The third kappa shape index (κ3) is 23.9. The van der Waals surface area contributed by atoms with Crippen molar-refractivity contribution in [2.45, 2.75) is 147 Å². The van der Waals surface area contributed by atoms with Gasteiger partial charge in [0.1, 0.15) is 12.3 Å². The van der Waals surface area contributed by atoms with E-state index in [2.05, 4.69) is 15.0 Å². The monoisotopic (exact) mass is 767 g/mol. The number of nitrogens with one attached hydrogen (secondary N) is 1. The minimum Gasteiger partial charge on any atom is -0.862 e. The maximum Gasteiger partial charge on any atom is 1.00 e. The van der Waals surface area contributed by atoms with E-state index in [1.807, 2.05) is 0 Å². The van der Waals surface area contributed by atoms with Crippen LogP contribution in [0, 0.1) is 6.92 Å². The molecule has 0 spiro atoms. The number of hydrogen-bond acceptors (Lipinski definition) is 11. The maximum absolute atomic E-state index is 12.2. The van der Waals surface area contributed by atoms with Gasteiger partial charge in [-0.1, -0.05) is 77.0 Å². The zero-order chi connectivity index (χ0) is 37.4. The number of aliphatic imine (C=N–C) groups is 2. The Morgan fingerprint density at radius 2 is 1.28 bits per heavy atom. The van der Waals surface area contributed by atoms with E-state index in [1.54, 1.807) is 6.92 Å². The van der Waals surface area contributed by atoms with Crippen LogP contribution in [-0.4, -0.2) is 98.4 Å². The molecule has 3 atom stereocenters. The number of ether oxygens (including phenoxy) is 1. The number of H-pyrrole nitrogens is 1. The van der Waals surface area contributed by atoms with Crippen LogP contribution in [0.5, 0.6) is 0 Å². The molecular formula is C36H59N5Na2O10. The van der Waals surface area contributed by atoms with Crippen molar-refractivity contribution in [2.24, 2.45) is 9.98 Å². The van der Waals surface area contributed by atoms with E-state index in [-0.39, 0.29) is 97.0 Å². The van der Waals surface area contributed by atoms with Gasteiger partial charge in [0.2, 0.25) is 0 Å². The zero-order valence-electron chi connectivity index (χ0n) is 32.3. The van der Waals surface area contributed by atoms with Crippen molar-refractivity contribution in [3.8, 4) is 0 Å². The van der Waals surface area contributed by atoms with Crippen LogP contribution in [0.3, 0.4) is 0 Å². The molecule has 17 heteroatoms. The maximum atomic E-state index is 12.2. The third-order valence-corrected chi connectivity index (χ3v) is 9.03. The molecule has 290 valence electrons. The Kier molecular flexibility index (Phi) is 29.7. The molecule has 0 aliphatic carbocycles. The number of aryl methyl sites for hydroxylation is 1. The van der Waals surface area contributed by atoms with Crippen molar-refractivity contribution in [3.63, 3.8) is 0 Å². The average Bonchev–Trinajstić information content (AvgIpc) is 3.44. The number of aliphatic carboxylic acids is 2. The van der Waals surface area contributed by atoms with E-state index in [1.165, 1.54) is 15.7 Å². The molecule has 53 heavy (non-hydrogen) atoms. The van der Waals surface area contributed by atoms with Crippen LogP contribution in [0.1, 0.15) is 134 Å². The molecule has 1 aromatic rings. The quantitative estimate of drug-likeness (QED) is 0.0271. The van der Waals surface area contributed by atoms with E-state index < -0.39 is 41.6 Å². The van der Waals surface area contributed by atoms with Gasteiger partial charge in [-0.05, 0) is 63.8 Å². The second-order valence-electron chi connectivity index (χ2n) is 13.6. The van der Waals surface area contributed by atoms with E-state index >= 15 is 0 Å². The number of aliphatic hydroxyl groups is 1. The number of hydrogen-bond donors (Lipinski definition) is 4. The largest absolute Gasteiger partial charge is 1.00 e. The first-order chi connectivity index (χ1) is 24.5. The fourth-order valence-corrected chi connectivity index (χ4v) is 6.12. The summed E-state index contributed by atoms with van der Waals surface area (Å²) in [5, 5.41) is 52.3. The Morgan fingerprint density at radius 3 is 1.81 bits per heavy atom. The van der Waals surface area contributed by atoms with E-state index in [0.717, 1.165) is 103 Å². The molecule has 0 saturated carbocycles. The van der Waals surface area contributed by atoms with Gasteiger partial charge in [0, 0.05) is 24.7 Å². The number of carboxylic acids is 2. The van der Waals surface area contributed by atoms with Gasteiger partial charge in [0.15, 0.2) is 0 Å². The number of unbranched alkanes of at least 4 members (excludes halogenated alkanes) is 14. The summed E-state index contributed by atoms with van der Waals surface area (Å²) in [6, 6.07) is 0. The van der Waals surface area contributed by atoms with Gasteiger partial charge in [-0.25, -0.2) is 4.79 Å². The van der Waals surface area contributed by atoms with E-state index in [4.69, 9.17) is 14.9 Å². The molecule has 0 amide bonds. The van der Waals surface area contributed by atoms with Crippen molar-refractivity contribution in [1.82, 2.24) is 14.5 Å². The smallest absolute Gasteiger partial charge is 0.862 e. The van der Waals surface area contributed by atoms with Gasteiger partial charge >= 0.3 is 76.7 Å². The number of aromatic amines is 1. The van der Waals surface area contributed by atoms with Gasteiger partial charge in [0.25, 0.3) is 5.56 Å². The molecule has 1 aromatic heterocycles. The summed E-state index contributed by atoms with van der Waals surface area (Å²) >= 11 is 0. The molecule has 2 rings (SSSR count). The van der Waals surface area contributed by atoms with Gasteiger partial charge in [-0.2, -0.15) is 0 Å². The number of aliphatic hydroxyl groups excluding tert-OH is 1. The summed E-state index contributed by atoms with van der Waals surface area (Å²) in [5.41, 5.74) is -0.718. The summed E-state index contributed by atoms with van der Waals surface area (Å²) in [5.74, 6) is -2.28. The first kappa shape index (κ1) is 51.4. The third-order valence-electron chi connectivity index (χ3n) is 9.03. The predicted molar refractivity (Wildman–Crippen MR) is 190 cm³/mol. The zero-order valence-corrected chi connectivity index (χ0v) is 36.3. The van der Waals surface area contributed by atoms with Crippen LogP contribution in [0.2, 0.25) is 0 Å². The Bertz CT molecular complexity index is 1340. The predicted octanol–water partition coefficient (Wildman–Crippen LogP) is -3.49. The first-order valence-corrected chi connectivity index (χ1v) is 18.7. The number of nitrogens with zero attached hydrogens (tertiary/aromatic N) is 4. The molecular weight excluding hydrogens is 708 g/mol. The molecule has 4 N–H and O–H groups in total. The summed E-state index contributed by atoms with van der Waals surface area (Å²) in [6.07, 6.45) is 15.9. The Labute approximate surface area is 357 Å². The Balaban J connectivity index is 0.0000135. The topological polar surface area (TPSA) is 233 Å². The molecule has 1 aliphatic heterocycles. The molecule has 1 aliphatic rings. The fourth-order valence-electron chi connectivity index (χ4n) is 6.12. The van der Waals surface area contributed by atoms with Gasteiger partial charge in [-0.3, -0.25) is 28.8 Å². The number of carbonyl (C=O) groups is 2. The Hall–Kier alpha value is -1.56. The molecule has 2 heterocycles. The van der Waals surface area contributed by atoms with Crippen LogP contribution in [0.15, 0.2) is 25.8 Å². The first-order valence-electron chi connectivity index (χ1n) is 18.7. The molecule has 0 bridgehead atoms. The fraction of sp³-hybridized carbons (Fsp3) is 0.778. The van der Waals surface area contributed by atoms with Crippen LogP contribution >= 0.6 is 0 Å². The van der Waals surface area contributed by atoms with Crippen molar-refractivity contribution in [3.05, 3.63) is 32.6 Å². The van der Waals surface area contributed by atoms with Gasteiger partial charge < -0.3 is 40.3 Å². The number of carboxylic acid groups (broad SMARTS) is 2. The molecule has 0 aromatic carbocycles. The molecule has 1 fully saturated rings. The van der Waals surface area contributed by atoms with Crippen molar-refractivity contribution in [2.75, 3.05) is 32.7 Å². The van der Waals surface area contributed by atoms with Gasteiger partial charge in [-0.15, -0.1) is 0 Å². The molecule has 1 saturated heterocycles. The second-order valence-corrected chi connectivity index (χ2v) is 13.6. The molecule has 0 unspecified atom stereocenters. The van der Waals surface area contributed by atoms with Crippen LogP contribution < -0.4 is 80.6 Å². The van der Waals surface area contributed by atoms with Crippen LogP contribution in [0.25, 0.3) is 0 Å². The summed E-state index contributed by atoms with van der Waals surface area (Å²) < 4.78 is 7.01.